The van der Waals surface area contributed by atoms with Gasteiger partial charge in [0.25, 0.3) is 5.56 Å². The molecule has 4 heteroatoms. The van der Waals surface area contributed by atoms with Crippen molar-refractivity contribution in [2.24, 2.45) is 0 Å². The van der Waals surface area contributed by atoms with Gasteiger partial charge in [-0.25, -0.2) is 4.98 Å². The lowest BCUT2D eigenvalue weighted by atomic mass is 10.6. The van der Waals surface area contributed by atoms with Crippen LogP contribution in [0, 0.1) is 0 Å². The van der Waals surface area contributed by atoms with Crippen LogP contribution in [-0.2, 0) is 6.54 Å². The average Bonchev–Trinajstić information content (AvgIpc) is 1.95. The van der Waals surface area contributed by atoms with Crippen molar-refractivity contribution in [3.63, 3.8) is 0 Å². The van der Waals surface area contributed by atoms with Crippen LogP contribution in [0.4, 0.5) is 0 Å². The minimum atomic E-state index is -0.0301. The highest BCUT2D eigenvalue weighted by Gasteiger charge is 1.96. The molecule has 0 aliphatic rings. The first-order valence-electron chi connectivity index (χ1n) is 2.95. The van der Waals surface area contributed by atoms with Crippen molar-refractivity contribution in [2.75, 3.05) is 0 Å². The van der Waals surface area contributed by atoms with Gasteiger partial charge in [0.1, 0.15) is 4.47 Å². The second-order valence-corrected chi connectivity index (χ2v) is 2.69. The molecule has 0 aliphatic heterocycles. The molecule has 1 aromatic rings. The van der Waals surface area contributed by atoms with E-state index in [0.717, 1.165) is 0 Å². The van der Waals surface area contributed by atoms with E-state index < -0.39 is 0 Å². The van der Waals surface area contributed by atoms with Crippen molar-refractivity contribution >= 4 is 15.9 Å². The maximum atomic E-state index is 11.1. The van der Waals surface area contributed by atoms with E-state index in [0.29, 0.717) is 11.0 Å². The Labute approximate surface area is 66.8 Å². The van der Waals surface area contributed by atoms with Crippen LogP contribution < -0.4 is 5.56 Å². The van der Waals surface area contributed by atoms with Gasteiger partial charge in [0, 0.05) is 12.7 Å². The molecule has 0 radical (unpaired) electrons. The standard InChI is InChI=1S/C6H7BrN2O/c1-2-9-4-8-3-5(7)6(9)10/h3-4H,2H2,1H3. The van der Waals surface area contributed by atoms with E-state index in [1.807, 2.05) is 6.92 Å². The van der Waals surface area contributed by atoms with Crippen LogP contribution >= 0.6 is 15.9 Å². The number of aryl methyl sites for hydroxylation is 1. The van der Waals surface area contributed by atoms with Gasteiger partial charge >= 0.3 is 0 Å². The smallest absolute Gasteiger partial charge is 0.267 e. The van der Waals surface area contributed by atoms with E-state index in [1.54, 1.807) is 0 Å². The van der Waals surface area contributed by atoms with Crippen LogP contribution in [0.1, 0.15) is 6.92 Å². The summed E-state index contributed by atoms with van der Waals surface area (Å²) in [5, 5.41) is 0. The molecule has 0 fully saturated rings. The second kappa shape index (κ2) is 2.96. The first kappa shape index (κ1) is 7.47. The minimum Gasteiger partial charge on any atom is -0.299 e. The van der Waals surface area contributed by atoms with Gasteiger partial charge in [-0.2, -0.15) is 0 Å². The van der Waals surface area contributed by atoms with E-state index >= 15 is 0 Å². The van der Waals surface area contributed by atoms with Crippen molar-refractivity contribution in [1.82, 2.24) is 9.55 Å². The van der Waals surface area contributed by atoms with E-state index in [4.69, 9.17) is 0 Å². The van der Waals surface area contributed by atoms with Crippen LogP contribution in [-0.4, -0.2) is 9.55 Å². The number of hydrogen-bond donors (Lipinski definition) is 0. The molecule has 0 aromatic carbocycles. The van der Waals surface area contributed by atoms with Crippen LogP contribution in [0.2, 0.25) is 0 Å². The fraction of sp³-hybridized carbons (Fsp3) is 0.333. The molecule has 0 bridgehead atoms. The van der Waals surface area contributed by atoms with Gasteiger partial charge < -0.3 is 0 Å². The largest absolute Gasteiger partial charge is 0.299 e. The van der Waals surface area contributed by atoms with Gasteiger partial charge in [-0.1, -0.05) is 0 Å². The predicted molar refractivity (Wildman–Crippen MR) is 41.9 cm³/mol. The van der Waals surface area contributed by atoms with Crippen LogP contribution in [0.15, 0.2) is 21.8 Å². The molecule has 0 spiro atoms. The first-order chi connectivity index (χ1) is 4.75. The quantitative estimate of drug-likeness (QED) is 0.683. The highest BCUT2D eigenvalue weighted by atomic mass is 79.9. The molecule has 0 saturated carbocycles. The Morgan fingerprint density at radius 2 is 2.50 bits per heavy atom. The van der Waals surface area contributed by atoms with E-state index in [9.17, 15) is 4.79 Å². The Bertz CT molecular complexity index is 281. The highest BCUT2D eigenvalue weighted by Crippen LogP contribution is 1.97. The van der Waals surface area contributed by atoms with Crippen molar-refractivity contribution in [2.45, 2.75) is 13.5 Å². The predicted octanol–water partition coefficient (Wildman–Crippen LogP) is 1.03. The number of hydrogen-bond acceptors (Lipinski definition) is 2. The Hall–Kier alpha value is -0.640. The monoisotopic (exact) mass is 202 g/mol. The van der Waals surface area contributed by atoms with Crippen molar-refractivity contribution in [3.05, 3.63) is 27.4 Å². The number of aromatic nitrogens is 2. The highest BCUT2D eigenvalue weighted by molar-refractivity contribution is 9.10. The summed E-state index contributed by atoms with van der Waals surface area (Å²) in [6, 6.07) is 0. The molecule has 10 heavy (non-hydrogen) atoms. The Morgan fingerprint density at radius 3 is 3.00 bits per heavy atom. The summed E-state index contributed by atoms with van der Waals surface area (Å²) in [6.07, 6.45) is 3.02. The van der Waals surface area contributed by atoms with E-state index in [2.05, 4.69) is 20.9 Å². The van der Waals surface area contributed by atoms with Gasteiger partial charge in [0.05, 0.1) is 6.33 Å². The summed E-state index contributed by atoms with van der Waals surface area (Å²) >= 11 is 3.09. The maximum Gasteiger partial charge on any atom is 0.267 e. The van der Waals surface area contributed by atoms with Crippen molar-refractivity contribution in [3.8, 4) is 0 Å². The fourth-order valence-electron chi connectivity index (χ4n) is 0.649. The first-order valence-corrected chi connectivity index (χ1v) is 3.75. The summed E-state index contributed by atoms with van der Waals surface area (Å²) in [4.78, 5) is 14.9. The molecular formula is C6H7BrN2O. The third-order valence-electron chi connectivity index (χ3n) is 1.20. The SMILES string of the molecule is CCn1cncc(Br)c1=O. The van der Waals surface area contributed by atoms with Gasteiger partial charge in [0.2, 0.25) is 0 Å². The zero-order chi connectivity index (χ0) is 7.56. The lowest BCUT2D eigenvalue weighted by Gasteiger charge is -1.98. The Balaban J connectivity index is 3.28. The molecule has 0 N–H and O–H groups in total. The molecule has 54 valence electrons. The molecule has 0 unspecified atom stereocenters. The van der Waals surface area contributed by atoms with Crippen LogP contribution in [0.3, 0.4) is 0 Å². The second-order valence-electron chi connectivity index (χ2n) is 1.83. The molecule has 1 heterocycles. The molecule has 0 aliphatic carbocycles. The van der Waals surface area contributed by atoms with Gasteiger partial charge in [0.15, 0.2) is 0 Å². The number of halogens is 1. The summed E-state index contributed by atoms with van der Waals surface area (Å²) in [7, 11) is 0. The van der Waals surface area contributed by atoms with Crippen molar-refractivity contribution in [1.29, 1.82) is 0 Å². The molecule has 3 nitrogen and oxygen atoms in total. The third kappa shape index (κ3) is 1.26. The summed E-state index contributed by atoms with van der Waals surface area (Å²) in [6.45, 7) is 2.56. The molecular weight excluding hydrogens is 196 g/mol. The average molecular weight is 203 g/mol. The van der Waals surface area contributed by atoms with Crippen LogP contribution in [0.5, 0.6) is 0 Å². The van der Waals surface area contributed by atoms with Gasteiger partial charge in [-0.15, -0.1) is 0 Å². The number of nitrogens with zero attached hydrogens (tertiary/aromatic N) is 2. The lowest BCUT2D eigenvalue weighted by molar-refractivity contribution is 0.702. The fourth-order valence-corrected chi connectivity index (χ4v) is 0.995. The maximum absolute atomic E-state index is 11.1. The Morgan fingerprint density at radius 1 is 1.80 bits per heavy atom. The molecule has 0 amide bonds. The zero-order valence-corrected chi connectivity index (χ0v) is 7.13. The molecule has 1 rings (SSSR count). The molecule has 0 atom stereocenters. The summed E-state index contributed by atoms with van der Waals surface area (Å²) < 4.78 is 2.04. The topological polar surface area (TPSA) is 34.9 Å². The van der Waals surface area contributed by atoms with Gasteiger partial charge in [-0.3, -0.25) is 9.36 Å². The molecule has 1 aromatic heterocycles. The summed E-state index contributed by atoms with van der Waals surface area (Å²) in [5.74, 6) is 0. The van der Waals surface area contributed by atoms with Crippen LogP contribution in [0.25, 0.3) is 0 Å². The number of rotatable bonds is 1. The zero-order valence-electron chi connectivity index (χ0n) is 5.54. The molecule has 0 saturated heterocycles. The lowest BCUT2D eigenvalue weighted by Crippen LogP contribution is -2.19. The van der Waals surface area contributed by atoms with E-state index in [-0.39, 0.29) is 5.56 Å². The third-order valence-corrected chi connectivity index (χ3v) is 1.74. The summed E-state index contributed by atoms with van der Waals surface area (Å²) in [5.41, 5.74) is -0.0301. The normalized spacial score (nSPS) is 9.80. The van der Waals surface area contributed by atoms with Crippen molar-refractivity contribution < 1.29 is 0 Å². The minimum absolute atomic E-state index is 0.0301. The van der Waals surface area contributed by atoms with E-state index in [1.165, 1.54) is 17.1 Å². The Kier molecular flexibility index (Phi) is 2.21. The van der Waals surface area contributed by atoms with Gasteiger partial charge in [-0.05, 0) is 22.9 Å².